The third-order valence-electron chi connectivity index (χ3n) is 6.75. The molecule has 0 aliphatic carbocycles. The van der Waals surface area contributed by atoms with Gasteiger partial charge in [0, 0.05) is 24.3 Å². The van der Waals surface area contributed by atoms with Gasteiger partial charge < -0.3 is 30.4 Å². The number of nitrogens with one attached hydrogen (secondary N) is 1. The minimum absolute atomic E-state index is 0.0244. The number of aldehydes is 1. The molecule has 0 saturated heterocycles. The second kappa shape index (κ2) is 14.0. The van der Waals surface area contributed by atoms with E-state index in [-0.39, 0.29) is 18.2 Å². The standard InChI is InChI=1S/C28H39FN2O6/c1-16-9-20-12-22(29)14-23(13-20)31-27(34)17(2)7-6-8-21(15-32)26(37-28(30)35)19(4)11-18(3)25(33)24(10-16)36-5/h7,11-16,18,21,24-26,33H,6,8-10H2,1-5H3,(H2,30,35)(H,31,34)/b17-7+,19-11+/t16-,18+,21-,24+,25-,26+/m1/s1. The first kappa shape index (κ1) is 30.2. The number of hydrogen-bond donors (Lipinski definition) is 3. The highest BCUT2D eigenvalue weighted by molar-refractivity contribution is 6.03. The highest BCUT2D eigenvalue weighted by atomic mass is 19.1. The van der Waals surface area contributed by atoms with Crippen molar-refractivity contribution in [3.8, 4) is 0 Å². The Morgan fingerprint density at radius 2 is 1.95 bits per heavy atom. The van der Waals surface area contributed by atoms with Crippen LogP contribution in [0.1, 0.15) is 52.5 Å². The lowest BCUT2D eigenvalue weighted by atomic mass is 9.87. The predicted molar refractivity (Wildman–Crippen MR) is 139 cm³/mol. The fourth-order valence-corrected chi connectivity index (χ4v) is 4.79. The van der Waals surface area contributed by atoms with E-state index in [9.17, 15) is 23.9 Å². The van der Waals surface area contributed by atoms with Crippen molar-refractivity contribution in [1.29, 1.82) is 0 Å². The van der Waals surface area contributed by atoms with E-state index >= 15 is 0 Å². The van der Waals surface area contributed by atoms with Crippen LogP contribution in [0, 0.1) is 23.6 Å². The molecule has 2 bridgehead atoms. The van der Waals surface area contributed by atoms with Gasteiger partial charge in [0.1, 0.15) is 18.2 Å². The summed E-state index contributed by atoms with van der Waals surface area (Å²) in [4.78, 5) is 36.3. The molecule has 0 saturated carbocycles. The number of aliphatic hydroxyl groups excluding tert-OH is 1. The molecule has 1 aromatic rings. The maximum absolute atomic E-state index is 14.3. The minimum atomic E-state index is -1.01. The first-order chi connectivity index (χ1) is 17.4. The van der Waals surface area contributed by atoms with Gasteiger partial charge in [-0.2, -0.15) is 0 Å². The maximum Gasteiger partial charge on any atom is 0.405 e. The number of carbonyl (C=O) groups is 3. The van der Waals surface area contributed by atoms with Crippen LogP contribution in [0.2, 0.25) is 0 Å². The minimum Gasteiger partial charge on any atom is -0.441 e. The number of methoxy groups -OCH3 is 1. The number of nitrogens with two attached hydrogens (primary N) is 1. The molecule has 37 heavy (non-hydrogen) atoms. The van der Waals surface area contributed by atoms with Crippen LogP contribution in [0.3, 0.4) is 0 Å². The number of ether oxygens (including phenoxy) is 2. The molecule has 8 nitrogen and oxygen atoms in total. The lowest BCUT2D eigenvalue weighted by Crippen LogP contribution is -2.36. The third-order valence-corrected chi connectivity index (χ3v) is 6.75. The van der Waals surface area contributed by atoms with Crippen molar-refractivity contribution in [1.82, 2.24) is 0 Å². The van der Waals surface area contributed by atoms with Crippen molar-refractivity contribution in [3.05, 3.63) is 52.9 Å². The van der Waals surface area contributed by atoms with E-state index in [2.05, 4.69) is 5.32 Å². The zero-order valence-electron chi connectivity index (χ0n) is 22.2. The monoisotopic (exact) mass is 518 g/mol. The Kier molecular flexibility index (Phi) is 11.5. The van der Waals surface area contributed by atoms with E-state index in [1.54, 1.807) is 32.1 Å². The molecule has 1 heterocycles. The van der Waals surface area contributed by atoms with Crippen molar-refractivity contribution in [2.75, 3.05) is 12.4 Å². The Bertz CT molecular complexity index is 1020. The Morgan fingerprint density at radius 1 is 1.24 bits per heavy atom. The third kappa shape index (κ3) is 9.09. The Hall–Kier alpha value is -3.04. The number of aliphatic hydroxyl groups is 1. The van der Waals surface area contributed by atoms with E-state index in [4.69, 9.17) is 15.2 Å². The highest BCUT2D eigenvalue weighted by Crippen LogP contribution is 2.27. The molecule has 1 aliphatic heterocycles. The molecule has 0 spiro atoms. The fourth-order valence-electron chi connectivity index (χ4n) is 4.79. The average Bonchev–Trinajstić information content (AvgIpc) is 2.82. The largest absolute Gasteiger partial charge is 0.441 e. The van der Waals surface area contributed by atoms with E-state index < -0.39 is 42.1 Å². The Balaban J connectivity index is 2.47. The number of primary amides is 1. The van der Waals surface area contributed by atoms with E-state index in [1.165, 1.54) is 19.2 Å². The van der Waals surface area contributed by atoms with Crippen LogP contribution in [0.25, 0.3) is 0 Å². The molecule has 4 N–H and O–H groups in total. The van der Waals surface area contributed by atoms with Crippen molar-refractivity contribution >= 4 is 24.0 Å². The van der Waals surface area contributed by atoms with Crippen molar-refractivity contribution < 1.29 is 33.4 Å². The summed E-state index contributed by atoms with van der Waals surface area (Å²) in [6, 6.07) is 4.43. The van der Waals surface area contributed by atoms with Gasteiger partial charge in [-0.05, 0) is 74.8 Å². The summed E-state index contributed by atoms with van der Waals surface area (Å²) in [6.07, 6.45) is 2.44. The molecule has 0 unspecified atom stereocenters. The zero-order chi connectivity index (χ0) is 27.7. The number of halogens is 1. The first-order valence-corrected chi connectivity index (χ1v) is 12.5. The molecule has 6 atom stereocenters. The van der Waals surface area contributed by atoms with Crippen molar-refractivity contribution in [3.63, 3.8) is 0 Å². The summed E-state index contributed by atoms with van der Waals surface area (Å²) in [5, 5.41) is 13.8. The normalized spacial score (nSPS) is 31.3. The van der Waals surface area contributed by atoms with Gasteiger partial charge in [-0.3, -0.25) is 4.79 Å². The Labute approximate surface area is 218 Å². The molecule has 204 valence electrons. The van der Waals surface area contributed by atoms with Crippen LogP contribution in [0.5, 0.6) is 0 Å². The van der Waals surface area contributed by atoms with Crippen molar-refractivity contribution in [2.24, 2.45) is 23.5 Å². The second-order valence-corrected chi connectivity index (χ2v) is 10.0. The first-order valence-electron chi connectivity index (χ1n) is 12.5. The molecule has 0 fully saturated rings. The van der Waals surface area contributed by atoms with Gasteiger partial charge in [0.2, 0.25) is 0 Å². The number of rotatable bonds is 3. The summed E-state index contributed by atoms with van der Waals surface area (Å²) in [6.45, 7) is 7.14. The van der Waals surface area contributed by atoms with E-state index in [0.717, 1.165) is 5.56 Å². The predicted octanol–water partition coefficient (Wildman–Crippen LogP) is 4.31. The number of hydrogen-bond acceptors (Lipinski definition) is 6. The molecule has 1 aromatic carbocycles. The Morgan fingerprint density at radius 3 is 2.57 bits per heavy atom. The molecular weight excluding hydrogens is 479 g/mol. The van der Waals surface area contributed by atoms with Gasteiger partial charge in [-0.15, -0.1) is 0 Å². The number of anilines is 1. The second-order valence-electron chi connectivity index (χ2n) is 10.0. The number of allylic oxidation sites excluding steroid dienone is 1. The van der Waals surface area contributed by atoms with Crippen LogP contribution < -0.4 is 11.1 Å². The summed E-state index contributed by atoms with van der Waals surface area (Å²) in [5.41, 5.74) is 7.32. The van der Waals surface area contributed by atoms with Crippen LogP contribution >= 0.6 is 0 Å². The highest BCUT2D eigenvalue weighted by Gasteiger charge is 2.29. The van der Waals surface area contributed by atoms with Gasteiger partial charge >= 0.3 is 6.09 Å². The van der Waals surface area contributed by atoms with Crippen molar-refractivity contribution in [2.45, 2.75) is 71.7 Å². The van der Waals surface area contributed by atoms with Gasteiger partial charge in [-0.25, -0.2) is 9.18 Å². The van der Waals surface area contributed by atoms with Crippen LogP contribution in [-0.2, 0) is 25.5 Å². The lowest BCUT2D eigenvalue weighted by Gasteiger charge is -2.29. The fraction of sp³-hybridized carbons (Fsp3) is 0.536. The topological polar surface area (TPSA) is 128 Å². The zero-order valence-corrected chi connectivity index (χ0v) is 22.2. The summed E-state index contributed by atoms with van der Waals surface area (Å²) < 4.78 is 25.2. The summed E-state index contributed by atoms with van der Waals surface area (Å²) in [5.74, 6) is -1.93. The van der Waals surface area contributed by atoms with Gasteiger partial charge in [0.15, 0.2) is 0 Å². The maximum atomic E-state index is 14.3. The number of carbonyl (C=O) groups excluding carboxylic acids is 3. The SMILES string of the molecule is CO[C@H]1C[C@H](C)Cc2cc(F)cc(c2)NC(=O)/C(C)=C/CC[C@H](C=O)[C@@H](OC(N)=O)/C(C)=C/[C@H](C)[C@H]1O. The van der Waals surface area contributed by atoms with E-state index in [0.29, 0.717) is 42.4 Å². The molecular formula is C28H39FN2O6. The molecule has 2 amide bonds. The van der Waals surface area contributed by atoms with E-state index in [1.807, 2.05) is 13.8 Å². The molecule has 0 radical (unpaired) electrons. The van der Waals surface area contributed by atoms with Gasteiger partial charge in [0.25, 0.3) is 5.91 Å². The van der Waals surface area contributed by atoms with Gasteiger partial charge in [0.05, 0.1) is 18.1 Å². The number of benzene rings is 1. The van der Waals surface area contributed by atoms with Crippen LogP contribution in [0.4, 0.5) is 14.9 Å². The average molecular weight is 519 g/mol. The number of amides is 2. The lowest BCUT2D eigenvalue weighted by molar-refractivity contribution is -0.114. The summed E-state index contributed by atoms with van der Waals surface area (Å²) >= 11 is 0. The van der Waals surface area contributed by atoms with Crippen LogP contribution in [-0.4, -0.2) is 48.8 Å². The number of fused-ring (bicyclic) bond motifs is 2. The molecule has 9 heteroatoms. The molecule has 1 aliphatic rings. The smallest absolute Gasteiger partial charge is 0.405 e. The molecule has 0 aromatic heterocycles. The quantitative estimate of drug-likeness (QED) is 0.404. The molecule has 2 rings (SSSR count). The van der Waals surface area contributed by atoms with Crippen LogP contribution in [0.15, 0.2) is 41.5 Å². The summed E-state index contributed by atoms with van der Waals surface area (Å²) in [7, 11) is 1.52. The van der Waals surface area contributed by atoms with Gasteiger partial charge in [-0.1, -0.05) is 26.0 Å².